The lowest BCUT2D eigenvalue weighted by Crippen LogP contribution is -2.40. The fraction of sp³-hybridized carbons (Fsp3) is 0.526. The second-order valence-corrected chi connectivity index (χ2v) is 7.84. The molecular formula is C19H22ClF3O3. The lowest BCUT2D eigenvalue weighted by molar-refractivity contribution is -0.187. The topological polar surface area (TPSA) is 46.5 Å². The maximum Gasteiger partial charge on any atom is 0.430 e. The van der Waals surface area contributed by atoms with Gasteiger partial charge in [-0.3, -0.25) is 0 Å². The van der Waals surface area contributed by atoms with Gasteiger partial charge >= 0.3 is 12.1 Å². The molecule has 0 saturated heterocycles. The molecule has 7 heteroatoms. The van der Waals surface area contributed by atoms with Crippen LogP contribution in [0.5, 0.6) is 5.75 Å². The highest BCUT2D eigenvalue weighted by molar-refractivity contribution is 6.32. The van der Waals surface area contributed by atoms with Crippen LogP contribution >= 0.6 is 11.6 Å². The number of halogens is 4. The first-order valence-electron chi connectivity index (χ1n) is 8.42. The van der Waals surface area contributed by atoms with Gasteiger partial charge < -0.3 is 9.84 Å². The fourth-order valence-electron chi connectivity index (χ4n) is 3.20. The molecule has 0 bridgehead atoms. The van der Waals surface area contributed by atoms with Crippen LogP contribution in [-0.4, -0.2) is 23.4 Å². The highest BCUT2D eigenvalue weighted by atomic mass is 35.5. The highest BCUT2D eigenvalue weighted by Gasteiger charge is 2.49. The maximum absolute atomic E-state index is 13.4. The van der Waals surface area contributed by atoms with Crippen LogP contribution in [0.25, 0.3) is 6.08 Å². The Morgan fingerprint density at radius 1 is 1.31 bits per heavy atom. The monoisotopic (exact) mass is 390 g/mol. The van der Waals surface area contributed by atoms with Gasteiger partial charge in [0.15, 0.2) is 0 Å². The molecule has 26 heavy (non-hydrogen) atoms. The lowest BCUT2D eigenvalue weighted by Gasteiger charge is -2.32. The predicted octanol–water partition coefficient (Wildman–Crippen LogP) is 5.77. The van der Waals surface area contributed by atoms with E-state index in [-0.39, 0.29) is 11.3 Å². The summed E-state index contributed by atoms with van der Waals surface area (Å²) in [5, 5.41) is 9.58. The molecule has 1 aliphatic heterocycles. The number of hydrogen-bond acceptors (Lipinski definition) is 2. The van der Waals surface area contributed by atoms with Gasteiger partial charge in [0, 0.05) is 16.1 Å². The van der Waals surface area contributed by atoms with Crippen LogP contribution in [0.4, 0.5) is 13.2 Å². The molecule has 1 N–H and O–H groups in total. The van der Waals surface area contributed by atoms with Crippen LogP contribution in [0.15, 0.2) is 11.6 Å². The van der Waals surface area contributed by atoms with Crippen molar-refractivity contribution in [3.05, 3.63) is 33.4 Å². The molecule has 1 aromatic carbocycles. The summed E-state index contributed by atoms with van der Waals surface area (Å²) in [6.45, 7) is 7.77. The Balaban J connectivity index is 2.76. The van der Waals surface area contributed by atoms with Crippen molar-refractivity contribution in [2.24, 2.45) is 0 Å². The van der Waals surface area contributed by atoms with E-state index in [0.29, 0.717) is 17.0 Å². The Morgan fingerprint density at radius 2 is 1.92 bits per heavy atom. The largest absolute Gasteiger partial charge is 0.478 e. The molecule has 1 atom stereocenters. The summed E-state index contributed by atoms with van der Waals surface area (Å²) in [5.41, 5.74) is 0.387. The zero-order valence-electron chi connectivity index (χ0n) is 15.1. The summed E-state index contributed by atoms with van der Waals surface area (Å²) < 4.78 is 45.4. The van der Waals surface area contributed by atoms with E-state index in [0.717, 1.165) is 24.5 Å². The molecule has 1 heterocycles. The molecule has 3 nitrogen and oxygen atoms in total. The third kappa shape index (κ3) is 4.00. The van der Waals surface area contributed by atoms with Gasteiger partial charge in [-0.15, -0.1) is 0 Å². The summed E-state index contributed by atoms with van der Waals surface area (Å²) in [7, 11) is 0. The van der Waals surface area contributed by atoms with E-state index in [4.69, 9.17) is 16.3 Å². The Hall–Kier alpha value is -1.69. The highest BCUT2D eigenvalue weighted by Crippen LogP contribution is 2.45. The molecule has 0 saturated carbocycles. The van der Waals surface area contributed by atoms with Gasteiger partial charge in [-0.25, -0.2) is 4.79 Å². The average molecular weight is 391 g/mol. The van der Waals surface area contributed by atoms with Gasteiger partial charge in [0.25, 0.3) is 0 Å². The van der Waals surface area contributed by atoms with Gasteiger partial charge in [-0.05, 0) is 36.0 Å². The van der Waals surface area contributed by atoms with Crippen LogP contribution < -0.4 is 4.74 Å². The van der Waals surface area contributed by atoms with E-state index < -0.39 is 29.2 Å². The maximum atomic E-state index is 13.4. The van der Waals surface area contributed by atoms with Gasteiger partial charge in [-0.2, -0.15) is 13.2 Å². The second kappa shape index (κ2) is 7.14. The third-order valence-electron chi connectivity index (χ3n) is 4.26. The first-order chi connectivity index (χ1) is 11.9. The fourth-order valence-corrected chi connectivity index (χ4v) is 3.71. The zero-order valence-corrected chi connectivity index (χ0v) is 15.9. The minimum atomic E-state index is -4.83. The van der Waals surface area contributed by atoms with Crippen molar-refractivity contribution in [1.29, 1.82) is 0 Å². The molecule has 0 aromatic heterocycles. The first kappa shape index (κ1) is 20.6. The molecule has 0 amide bonds. The van der Waals surface area contributed by atoms with E-state index in [1.54, 1.807) is 0 Å². The van der Waals surface area contributed by atoms with Crippen molar-refractivity contribution in [3.63, 3.8) is 0 Å². The summed E-state index contributed by atoms with van der Waals surface area (Å²) in [4.78, 5) is 11.3. The smallest absolute Gasteiger partial charge is 0.430 e. The van der Waals surface area contributed by atoms with Crippen LogP contribution in [0, 0.1) is 0 Å². The van der Waals surface area contributed by atoms with Crippen LogP contribution in [0.2, 0.25) is 5.02 Å². The number of aliphatic carboxylic acids is 1. The number of benzene rings is 1. The third-order valence-corrected chi connectivity index (χ3v) is 4.56. The molecule has 1 aliphatic rings. The minimum absolute atomic E-state index is 0.0834. The summed E-state index contributed by atoms with van der Waals surface area (Å²) in [6, 6.07) is 1.49. The second-order valence-electron chi connectivity index (χ2n) is 7.43. The van der Waals surface area contributed by atoms with Gasteiger partial charge in [-0.1, -0.05) is 45.7 Å². The van der Waals surface area contributed by atoms with Gasteiger partial charge in [0.1, 0.15) is 5.75 Å². The number of carboxylic acids is 1. The van der Waals surface area contributed by atoms with Crippen LogP contribution in [0.3, 0.4) is 0 Å². The molecule has 144 valence electrons. The van der Waals surface area contributed by atoms with Crippen molar-refractivity contribution >= 4 is 23.6 Å². The molecule has 0 spiro atoms. The Morgan fingerprint density at radius 3 is 2.38 bits per heavy atom. The minimum Gasteiger partial charge on any atom is -0.478 e. The SMILES string of the molecule is CCCCc1c2c(cc(Cl)c1C(C)(C)C)C=C(C(=O)O)C(C(F)(F)F)O2. The molecular weight excluding hydrogens is 369 g/mol. The summed E-state index contributed by atoms with van der Waals surface area (Å²) in [6.07, 6.45) is -4.19. The van der Waals surface area contributed by atoms with Crippen molar-refractivity contribution < 1.29 is 27.8 Å². The summed E-state index contributed by atoms with van der Waals surface area (Å²) >= 11 is 6.43. The lowest BCUT2D eigenvalue weighted by atomic mass is 9.80. The van der Waals surface area contributed by atoms with Crippen molar-refractivity contribution in [3.8, 4) is 5.75 Å². The van der Waals surface area contributed by atoms with E-state index in [9.17, 15) is 23.1 Å². The molecule has 1 aromatic rings. The number of rotatable bonds is 4. The number of carbonyl (C=O) groups is 1. The number of alkyl halides is 3. The summed E-state index contributed by atoms with van der Waals surface area (Å²) in [5.74, 6) is -1.58. The molecule has 0 fully saturated rings. The van der Waals surface area contributed by atoms with E-state index in [1.165, 1.54) is 6.07 Å². The van der Waals surface area contributed by atoms with Crippen molar-refractivity contribution in [2.75, 3.05) is 0 Å². The van der Waals surface area contributed by atoms with Crippen LogP contribution in [-0.2, 0) is 16.6 Å². The van der Waals surface area contributed by atoms with Gasteiger partial charge in [0.05, 0.1) is 5.57 Å². The number of unbranched alkanes of at least 4 members (excludes halogenated alkanes) is 1. The quantitative estimate of drug-likeness (QED) is 0.709. The van der Waals surface area contributed by atoms with Crippen molar-refractivity contribution in [1.82, 2.24) is 0 Å². The Kier molecular flexibility index (Phi) is 5.66. The number of ether oxygens (including phenoxy) is 1. The number of carboxylic acid groups (broad SMARTS) is 1. The van der Waals surface area contributed by atoms with E-state index in [1.807, 2.05) is 27.7 Å². The van der Waals surface area contributed by atoms with Crippen LogP contribution in [0.1, 0.15) is 57.2 Å². The molecule has 1 unspecified atom stereocenters. The molecule has 2 rings (SSSR count). The Labute approximate surface area is 155 Å². The van der Waals surface area contributed by atoms with E-state index in [2.05, 4.69) is 0 Å². The zero-order chi connectivity index (χ0) is 19.9. The Bertz CT molecular complexity index is 746. The van der Waals surface area contributed by atoms with Gasteiger partial charge in [0.2, 0.25) is 6.10 Å². The standard InChI is InChI=1S/C19H22ClF3O3/c1-5-6-7-11-14(18(2,3)4)13(20)9-10-8-12(17(24)25)16(19(21,22)23)26-15(10)11/h8-9,16H,5-7H2,1-4H3,(H,24,25). The molecule has 0 radical (unpaired) electrons. The van der Waals surface area contributed by atoms with Crippen molar-refractivity contribution in [2.45, 2.75) is 64.7 Å². The first-order valence-corrected chi connectivity index (χ1v) is 8.79. The molecule has 0 aliphatic carbocycles. The number of hydrogen-bond donors (Lipinski definition) is 1. The average Bonchev–Trinajstić information content (AvgIpc) is 2.48. The predicted molar refractivity (Wildman–Crippen MR) is 94.8 cm³/mol. The van der Waals surface area contributed by atoms with E-state index >= 15 is 0 Å². The number of fused-ring (bicyclic) bond motifs is 1. The normalized spacial score (nSPS) is 17.4.